The van der Waals surface area contributed by atoms with E-state index >= 15 is 0 Å². The average molecular weight is 306 g/mol. The van der Waals surface area contributed by atoms with Crippen molar-refractivity contribution >= 4 is 17.5 Å². The molecule has 0 saturated carbocycles. The molecule has 108 valence electrons. The van der Waals surface area contributed by atoms with Crippen LogP contribution in [0, 0.1) is 0 Å². The highest BCUT2D eigenvalue weighted by Gasteiger charge is 2.33. The largest absolute Gasteiger partial charge is 0.433 e. The van der Waals surface area contributed by atoms with Gasteiger partial charge in [-0.1, -0.05) is 11.6 Å². The molecule has 0 aliphatic rings. The lowest BCUT2D eigenvalue weighted by atomic mass is 10.4. The van der Waals surface area contributed by atoms with Gasteiger partial charge in [-0.15, -0.1) is 0 Å². The lowest BCUT2D eigenvalue weighted by Gasteiger charge is -2.09. The number of aryl methyl sites for hydroxylation is 1. The molecule has 1 N–H and O–H groups in total. The second kappa shape index (κ2) is 6.08. The van der Waals surface area contributed by atoms with E-state index in [1.54, 1.807) is 18.7 Å². The van der Waals surface area contributed by atoms with E-state index in [1.807, 2.05) is 4.57 Å². The van der Waals surface area contributed by atoms with Gasteiger partial charge in [0.1, 0.15) is 5.15 Å². The van der Waals surface area contributed by atoms with E-state index in [-0.39, 0.29) is 11.1 Å². The quantitative estimate of drug-likeness (QED) is 0.682. The van der Waals surface area contributed by atoms with Gasteiger partial charge in [0.2, 0.25) is 5.95 Å². The summed E-state index contributed by atoms with van der Waals surface area (Å²) in [4.78, 5) is 11.0. The molecule has 5 nitrogen and oxygen atoms in total. The highest BCUT2D eigenvalue weighted by Crippen LogP contribution is 2.29. The summed E-state index contributed by atoms with van der Waals surface area (Å²) >= 11 is 5.55. The molecule has 0 amide bonds. The Morgan fingerprint density at radius 1 is 1.30 bits per heavy atom. The maximum Gasteiger partial charge on any atom is 0.433 e. The van der Waals surface area contributed by atoms with E-state index < -0.39 is 11.9 Å². The van der Waals surface area contributed by atoms with Crippen LogP contribution in [0.5, 0.6) is 0 Å². The standard InChI is InChI=1S/C11H11ClF3N5/c12-9-6-8(11(13,14)15)18-10(19-9)17-2-1-4-20-5-3-16-7-20/h3,5-7H,1-2,4H2,(H,17,18,19). The van der Waals surface area contributed by atoms with Crippen molar-refractivity contribution < 1.29 is 13.2 Å². The van der Waals surface area contributed by atoms with E-state index in [2.05, 4.69) is 20.3 Å². The predicted octanol–water partition coefficient (Wildman–Crippen LogP) is 2.85. The Balaban J connectivity index is 1.91. The van der Waals surface area contributed by atoms with Gasteiger partial charge in [0.05, 0.1) is 6.33 Å². The smallest absolute Gasteiger partial charge is 0.354 e. The molecule has 0 atom stereocenters. The lowest BCUT2D eigenvalue weighted by Crippen LogP contribution is -2.13. The van der Waals surface area contributed by atoms with Crippen LogP contribution < -0.4 is 5.32 Å². The minimum atomic E-state index is -4.54. The molecule has 0 saturated heterocycles. The Morgan fingerprint density at radius 3 is 2.75 bits per heavy atom. The molecule has 2 rings (SSSR count). The summed E-state index contributed by atoms with van der Waals surface area (Å²) in [6, 6.07) is 0.693. The van der Waals surface area contributed by atoms with E-state index in [0.29, 0.717) is 25.6 Å². The van der Waals surface area contributed by atoms with Gasteiger partial charge in [-0.05, 0) is 6.42 Å². The normalized spacial score (nSPS) is 11.6. The Bertz CT molecular complexity index is 556. The summed E-state index contributed by atoms with van der Waals surface area (Å²) in [6.45, 7) is 1.12. The third-order valence-electron chi connectivity index (χ3n) is 2.42. The molecule has 0 radical (unpaired) electrons. The molecule has 0 aromatic carbocycles. The molecule has 0 unspecified atom stereocenters. The molecular weight excluding hydrogens is 295 g/mol. The monoisotopic (exact) mass is 305 g/mol. The number of nitrogens with zero attached hydrogens (tertiary/aromatic N) is 4. The van der Waals surface area contributed by atoms with Crippen LogP contribution in [0.3, 0.4) is 0 Å². The van der Waals surface area contributed by atoms with Gasteiger partial charge in [0, 0.05) is 31.5 Å². The van der Waals surface area contributed by atoms with Gasteiger partial charge in [-0.3, -0.25) is 0 Å². The maximum atomic E-state index is 12.5. The van der Waals surface area contributed by atoms with Gasteiger partial charge in [0.25, 0.3) is 0 Å². The van der Waals surface area contributed by atoms with E-state index in [0.717, 1.165) is 0 Å². The second-order valence-corrected chi connectivity index (χ2v) is 4.37. The molecule has 0 aliphatic carbocycles. The fourth-order valence-corrected chi connectivity index (χ4v) is 1.71. The van der Waals surface area contributed by atoms with Crippen LogP contribution in [0.25, 0.3) is 0 Å². The van der Waals surface area contributed by atoms with Crippen molar-refractivity contribution in [3.63, 3.8) is 0 Å². The van der Waals surface area contributed by atoms with Crippen molar-refractivity contribution in [3.05, 3.63) is 35.6 Å². The SMILES string of the molecule is FC(F)(F)c1cc(Cl)nc(NCCCn2ccnc2)n1. The fourth-order valence-electron chi connectivity index (χ4n) is 1.52. The lowest BCUT2D eigenvalue weighted by molar-refractivity contribution is -0.141. The van der Waals surface area contributed by atoms with Crippen molar-refractivity contribution in [1.82, 2.24) is 19.5 Å². The number of hydrogen-bond acceptors (Lipinski definition) is 4. The third kappa shape index (κ3) is 4.09. The van der Waals surface area contributed by atoms with Gasteiger partial charge in [-0.25, -0.2) is 15.0 Å². The van der Waals surface area contributed by atoms with Crippen LogP contribution in [0.4, 0.5) is 19.1 Å². The first-order valence-electron chi connectivity index (χ1n) is 5.76. The van der Waals surface area contributed by atoms with E-state index in [4.69, 9.17) is 11.6 Å². The summed E-state index contributed by atoms with van der Waals surface area (Å²) in [5.74, 6) is -0.129. The third-order valence-corrected chi connectivity index (χ3v) is 2.61. The first-order chi connectivity index (χ1) is 9.45. The van der Waals surface area contributed by atoms with E-state index in [1.165, 1.54) is 0 Å². The molecule has 20 heavy (non-hydrogen) atoms. The van der Waals surface area contributed by atoms with Gasteiger partial charge >= 0.3 is 6.18 Å². The average Bonchev–Trinajstić information content (AvgIpc) is 2.86. The zero-order chi connectivity index (χ0) is 14.6. The minimum Gasteiger partial charge on any atom is -0.354 e. The summed E-state index contributed by atoms with van der Waals surface area (Å²) in [5, 5.41) is 2.47. The van der Waals surface area contributed by atoms with Crippen molar-refractivity contribution in [2.75, 3.05) is 11.9 Å². The van der Waals surface area contributed by atoms with Crippen LogP contribution in [0.15, 0.2) is 24.8 Å². The Kier molecular flexibility index (Phi) is 4.43. The van der Waals surface area contributed by atoms with Crippen LogP contribution in [0.2, 0.25) is 5.15 Å². The number of nitrogens with one attached hydrogen (secondary N) is 1. The zero-order valence-electron chi connectivity index (χ0n) is 10.2. The van der Waals surface area contributed by atoms with Crippen molar-refractivity contribution in [2.24, 2.45) is 0 Å². The Labute approximate surface area is 117 Å². The van der Waals surface area contributed by atoms with Crippen molar-refractivity contribution in [1.29, 1.82) is 0 Å². The number of hydrogen-bond donors (Lipinski definition) is 1. The summed E-state index contributed by atoms with van der Waals surface area (Å²) in [6.07, 6.45) is 1.27. The highest BCUT2D eigenvalue weighted by molar-refractivity contribution is 6.29. The van der Waals surface area contributed by atoms with Crippen LogP contribution in [0.1, 0.15) is 12.1 Å². The number of imidazole rings is 1. The Hall–Kier alpha value is -1.83. The number of alkyl halides is 3. The number of anilines is 1. The number of aromatic nitrogens is 4. The number of rotatable bonds is 5. The summed E-state index contributed by atoms with van der Waals surface area (Å²) in [5.41, 5.74) is -1.06. The van der Waals surface area contributed by atoms with Crippen LogP contribution in [-0.2, 0) is 12.7 Å². The summed E-state index contributed by atoms with van der Waals surface area (Å²) in [7, 11) is 0. The molecule has 9 heteroatoms. The molecule has 0 bridgehead atoms. The van der Waals surface area contributed by atoms with Gasteiger partial charge in [0.15, 0.2) is 5.69 Å². The van der Waals surface area contributed by atoms with Crippen LogP contribution in [-0.4, -0.2) is 26.1 Å². The molecule has 2 heterocycles. The zero-order valence-corrected chi connectivity index (χ0v) is 11.0. The first-order valence-corrected chi connectivity index (χ1v) is 6.14. The van der Waals surface area contributed by atoms with Gasteiger partial charge < -0.3 is 9.88 Å². The molecular formula is C11H11ClF3N5. The van der Waals surface area contributed by atoms with Gasteiger partial charge in [-0.2, -0.15) is 13.2 Å². The predicted molar refractivity (Wildman–Crippen MR) is 67.4 cm³/mol. The van der Waals surface area contributed by atoms with E-state index in [9.17, 15) is 13.2 Å². The van der Waals surface area contributed by atoms with Crippen molar-refractivity contribution in [2.45, 2.75) is 19.1 Å². The van der Waals surface area contributed by atoms with Crippen molar-refractivity contribution in [3.8, 4) is 0 Å². The maximum absolute atomic E-state index is 12.5. The topological polar surface area (TPSA) is 55.6 Å². The fraction of sp³-hybridized carbons (Fsp3) is 0.364. The highest BCUT2D eigenvalue weighted by atomic mass is 35.5. The minimum absolute atomic E-state index is 0.129. The molecule has 0 fully saturated rings. The first kappa shape index (κ1) is 14.6. The molecule has 2 aromatic rings. The molecule has 0 aliphatic heterocycles. The number of halogens is 4. The van der Waals surface area contributed by atoms with Crippen LogP contribution >= 0.6 is 11.6 Å². The summed E-state index contributed by atoms with van der Waals surface area (Å²) < 4.78 is 39.5. The molecule has 2 aromatic heterocycles. The second-order valence-electron chi connectivity index (χ2n) is 3.98. The Morgan fingerprint density at radius 2 is 2.10 bits per heavy atom. The molecule has 0 spiro atoms.